The zero-order valence-corrected chi connectivity index (χ0v) is 12.8. The molecule has 6 nitrogen and oxygen atoms in total. The molecule has 0 radical (unpaired) electrons. The van der Waals surface area contributed by atoms with E-state index < -0.39 is 6.17 Å². The van der Waals surface area contributed by atoms with Crippen molar-refractivity contribution >= 4 is 18.3 Å². The van der Waals surface area contributed by atoms with Crippen molar-refractivity contribution in [1.29, 1.82) is 0 Å². The van der Waals surface area contributed by atoms with Gasteiger partial charge in [0.15, 0.2) is 12.2 Å². The van der Waals surface area contributed by atoms with Gasteiger partial charge < -0.3 is 9.80 Å². The van der Waals surface area contributed by atoms with Crippen molar-refractivity contribution in [3.8, 4) is 0 Å². The minimum atomic E-state index is -0.395. The predicted molar refractivity (Wildman–Crippen MR) is 83.5 cm³/mol. The minimum absolute atomic E-state index is 0.176. The average Bonchev–Trinajstić information content (AvgIpc) is 2.96. The predicted octanol–water partition coefficient (Wildman–Crippen LogP) is 1.18. The zero-order chi connectivity index (χ0) is 15.7. The smallest absolute Gasteiger partial charge is 0.328 e. The Morgan fingerprint density at radius 1 is 1.14 bits per heavy atom. The number of aryl methyl sites for hydroxylation is 1. The van der Waals surface area contributed by atoms with Crippen molar-refractivity contribution < 1.29 is 9.59 Å². The van der Waals surface area contributed by atoms with Crippen molar-refractivity contribution in [3.05, 3.63) is 35.9 Å². The maximum Gasteiger partial charge on any atom is 0.328 e. The molecule has 2 heterocycles. The number of rotatable bonds is 4. The molecule has 0 aromatic heterocycles. The van der Waals surface area contributed by atoms with Gasteiger partial charge in [-0.1, -0.05) is 30.3 Å². The fraction of sp³-hybridized carbons (Fsp3) is 0.438. The quantitative estimate of drug-likeness (QED) is 0.839. The second-order valence-corrected chi connectivity index (χ2v) is 5.74. The first kappa shape index (κ1) is 14.6. The van der Waals surface area contributed by atoms with Gasteiger partial charge in [-0.3, -0.25) is 9.69 Å². The van der Waals surface area contributed by atoms with Gasteiger partial charge in [0.05, 0.1) is 6.34 Å². The van der Waals surface area contributed by atoms with Gasteiger partial charge >= 0.3 is 6.03 Å². The molecule has 0 spiro atoms. The molecule has 2 aliphatic heterocycles. The van der Waals surface area contributed by atoms with Gasteiger partial charge in [0, 0.05) is 20.6 Å². The van der Waals surface area contributed by atoms with E-state index in [0.717, 1.165) is 19.4 Å². The van der Waals surface area contributed by atoms with Crippen LogP contribution in [0, 0.1) is 0 Å². The van der Waals surface area contributed by atoms with Crippen molar-refractivity contribution in [2.45, 2.75) is 25.0 Å². The molecule has 22 heavy (non-hydrogen) atoms. The maximum absolute atomic E-state index is 12.4. The van der Waals surface area contributed by atoms with Gasteiger partial charge in [0.25, 0.3) is 5.91 Å². The van der Waals surface area contributed by atoms with Gasteiger partial charge in [-0.15, -0.1) is 0 Å². The van der Waals surface area contributed by atoms with Crippen LogP contribution in [-0.4, -0.2) is 65.8 Å². The molecule has 1 fully saturated rings. The maximum atomic E-state index is 12.4. The SMILES string of the molecule is CN1C(=O)C2C(N=CN2CCCc2ccccc2)N(C)C1=O. The lowest BCUT2D eigenvalue weighted by Gasteiger charge is -2.39. The number of carbonyl (C=O) groups excluding carboxylic acids is 2. The number of hydrogen-bond acceptors (Lipinski definition) is 4. The topological polar surface area (TPSA) is 56.2 Å². The summed E-state index contributed by atoms with van der Waals surface area (Å²) in [5, 5.41) is 0. The second-order valence-electron chi connectivity index (χ2n) is 5.74. The van der Waals surface area contributed by atoms with Gasteiger partial charge in [-0.2, -0.15) is 0 Å². The van der Waals surface area contributed by atoms with Crippen LogP contribution in [0.1, 0.15) is 12.0 Å². The molecule has 0 N–H and O–H groups in total. The third-order valence-electron chi connectivity index (χ3n) is 4.30. The fourth-order valence-corrected chi connectivity index (χ4v) is 3.01. The molecule has 2 aliphatic rings. The molecule has 1 saturated heterocycles. The molecule has 0 saturated carbocycles. The van der Waals surface area contributed by atoms with Crippen LogP contribution >= 0.6 is 0 Å². The lowest BCUT2D eigenvalue weighted by Crippen LogP contribution is -2.63. The van der Waals surface area contributed by atoms with Crippen LogP contribution in [0.3, 0.4) is 0 Å². The Morgan fingerprint density at radius 2 is 1.86 bits per heavy atom. The molecule has 1 aromatic carbocycles. The van der Waals surface area contributed by atoms with Gasteiger partial charge in [-0.25, -0.2) is 9.79 Å². The summed E-state index contributed by atoms with van der Waals surface area (Å²) in [6, 6.07) is 9.59. The number of likely N-dealkylation sites (N-methyl/N-ethyl adjacent to an activating group) is 2. The number of aliphatic imine (C=N–C) groups is 1. The first-order chi connectivity index (χ1) is 10.6. The molecule has 2 unspecified atom stereocenters. The zero-order valence-electron chi connectivity index (χ0n) is 12.8. The van der Waals surface area contributed by atoms with E-state index in [9.17, 15) is 9.59 Å². The molecule has 3 rings (SSSR count). The summed E-state index contributed by atoms with van der Waals surface area (Å²) in [7, 11) is 3.21. The van der Waals surface area contributed by atoms with Crippen LogP contribution in [-0.2, 0) is 11.2 Å². The highest BCUT2D eigenvalue weighted by Gasteiger charge is 2.48. The fourth-order valence-electron chi connectivity index (χ4n) is 3.01. The normalized spacial score (nSPS) is 24.2. The molecule has 0 aliphatic carbocycles. The highest BCUT2D eigenvalue weighted by molar-refractivity contribution is 6.01. The second kappa shape index (κ2) is 5.79. The van der Waals surface area contributed by atoms with E-state index in [1.807, 2.05) is 23.1 Å². The van der Waals surface area contributed by atoms with Crippen LogP contribution in [0.5, 0.6) is 0 Å². The lowest BCUT2D eigenvalue weighted by atomic mass is 10.1. The molecule has 6 heteroatoms. The van der Waals surface area contributed by atoms with Crippen molar-refractivity contribution in [3.63, 3.8) is 0 Å². The van der Waals surface area contributed by atoms with Gasteiger partial charge in [-0.05, 0) is 18.4 Å². The van der Waals surface area contributed by atoms with Crippen LogP contribution in [0.25, 0.3) is 0 Å². The van der Waals surface area contributed by atoms with E-state index in [0.29, 0.717) is 0 Å². The van der Waals surface area contributed by atoms with E-state index >= 15 is 0 Å². The van der Waals surface area contributed by atoms with Crippen LogP contribution in [0.15, 0.2) is 35.3 Å². The summed E-state index contributed by atoms with van der Waals surface area (Å²) in [6.07, 6.45) is 3.21. The molecular formula is C16H20N4O2. The summed E-state index contributed by atoms with van der Waals surface area (Å²) in [4.78, 5) is 33.3. The number of benzene rings is 1. The number of imide groups is 1. The monoisotopic (exact) mass is 300 g/mol. The number of hydrogen-bond donors (Lipinski definition) is 0. The number of carbonyl (C=O) groups is 2. The van der Waals surface area contributed by atoms with E-state index in [1.54, 1.807) is 13.4 Å². The molecular weight excluding hydrogens is 280 g/mol. The molecule has 2 atom stereocenters. The Morgan fingerprint density at radius 3 is 2.59 bits per heavy atom. The molecule has 116 valence electrons. The number of fused-ring (bicyclic) bond motifs is 1. The van der Waals surface area contributed by atoms with E-state index in [2.05, 4.69) is 17.1 Å². The first-order valence-electron chi connectivity index (χ1n) is 7.47. The summed E-state index contributed by atoms with van der Waals surface area (Å²) in [5.41, 5.74) is 1.29. The van der Waals surface area contributed by atoms with E-state index in [-0.39, 0.29) is 18.0 Å². The van der Waals surface area contributed by atoms with E-state index in [1.165, 1.54) is 22.4 Å². The highest BCUT2D eigenvalue weighted by atomic mass is 16.2. The summed E-state index contributed by atoms with van der Waals surface area (Å²) in [6.45, 7) is 0.751. The minimum Gasteiger partial charge on any atom is -0.347 e. The first-order valence-corrected chi connectivity index (χ1v) is 7.47. The third-order valence-corrected chi connectivity index (χ3v) is 4.30. The largest absolute Gasteiger partial charge is 0.347 e. The van der Waals surface area contributed by atoms with Crippen LogP contribution in [0.2, 0.25) is 0 Å². The Kier molecular flexibility index (Phi) is 3.83. The molecule has 0 bridgehead atoms. The Balaban J connectivity index is 1.63. The van der Waals surface area contributed by atoms with Crippen molar-refractivity contribution in [2.75, 3.05) is 20.6 Å². The highest BCUT2D eigenvalue weighted by Crippen LogP contribution is 2.24. The Bertz CT molecular complexity index is 601. The van der Waals surface area contributed by atoms with Crippen molar-refractivity contribution in [2.24, 2.45) is 4.99 Å². The van der Waals surface area contributed by atoms with Gasteiger partial charge in [0.1, 0.15) is 0 Å². The number of nitrogens with zero attached hydrogens (tertiary/aromatic N) is 4. The molecule has 1 aromatic rings. The summed E-state index contributed by atoms with van der Waals surface area (Å²) < 4.78 is 0. The number of amides is 3. The van der Waals surface area contributed by atoms with Crippen LogP contribution < -0.4 is 0 Å². The molecule has 3 amide bonds. The summed E-state index contributed by atoms with van der Waals surface area (Å²) in [5.74, 6) is -0.176. The Hall–Kier alpha value is -2.37. The average molecular weight is 300 g/mol. The van der Waals surface area contributed by atoms with Gasteiger partial charge in [0.2, 0.25) is 0 Å². The van der Waals surface area contributed by atoms with Crippen LogP contribution in [0.4, 0.5) is 4.79 Å². The number of urea groups is 1. The Labute approximate surface area is 130 Å². The van der Waals surface area contributed by atoms with Crippen molar-refractivity contribution in [1.82, 2.24) is 14.7 Å². The third kappa shape index (κ3) is 2.45. The lowest BCUT2D eigenvalue weighted by molar-refractivity contribution is -0.136. The van der Waals surface area contributed by atoms with E-state index in [4.69, 9.17) is 0 Å². The standard InChI is InChI=1S/C16H20N4O2/c1-18-14-13(15(21)19(2)16(18)22)20(11-17-14)10-6-9-12-7-4-3-5-8-12/h3-5,7-8,11,13-14H,6,9-10H2,1-2H3. The summed E-state index contributed by atoms with van der Waals surface area (Å²) >= 11 is 0.